The van der Waals surface area contributed by atoms with Gasteiger partial charge in [-0.15, -0.1) is 0 Å². The summed E-state index contributed by atoms with van der Waals surface area (Å²) in [4.78, 5) is 35.1. The summed E-state index contributed by atoms with van der Waals surface area (Å²) in [5.74, 6) is -1.20. The highest BCUT2D eigenvalue weighted by Gasteiger charge is 2.24. The second-order valence-corrected chi connectivity index (χ2v) is 5.37. The molecular weight excluding hydrogens is 282 g/mol. The third kappa shape index (κ3) is 6.08. The number of carbonyl (C=O) groups is 3. The van der Waals surface area contributed by atoms with E-state index in [9.17, 15) is 14.4 Å². The lowest BCUT2D eigenvalue weighted by atomic mass is 10.0. The third-order valence-electron chi connectivity index (χ3n) is 3.36. The van der Waals surface area contributed by atoms with E-state index in [1.165, 1.54) is 6.92 Å². The molecule has 0 fully saturated rings. The Hall–Kier alpha value is -2.17. The molecule has 2 atom stereocenters. The molecular formula is C17H23NO4. The molecule has 1 aromatic carbocycles. The topological polar surface area (TPSA) is 72.5 Å². The minimum absolute atomic E-state index is 0.182. The Morgan fingerprint density at radius 3 is 2.36 bits per heavy atom. The van der Waals surface area contributed by atoms with Gasteiger partial charge in [0, 0.05) is 12.3 Å². The molecule has 0 radical (unpaired) electrons. The summed E-state index contributed by atoms with van der Waals surface area (Å²) in [6, 6.07) is 8.57. The first-order valence-electron chi connectivity index (χ1n) is 7.44. The average molecular weight is 305 g/mol. The molecule has 1 aromatic rings. The van der Waals surface area contributed by atoms with Gasteiger partial charge in [-0.3, -0.25) is 9.59 Å². The fraction of sp³-hybridized carbons (Fsp3) is 0.471. The first kappa shape index (κ1) is 17.9. The zero-order valence-electron chi connectivity index (χ0n) is 13.3. The minimum atomic E-state index is -0.789. The van der Waals surface area contributed by atoms with Crippen LogP contribution in [0.4, 0.5) is 0 Å². The number of hydrogen-bond donors (Lipinski definition) is 1. The van der Waals surface area contributed by atoms with E-state index >= 15 is 0 Å². The second kappa shape index (κ2) is 8.97. The molecule has 1 unspecified atom stereocenters. The normalized spacial score (nSPS) is 13.0. The maximum absolute atomic E-state index is 12.1. The molecule has 0 saturated heterocycles. The van der Waals surface area contributed by atoms with Crippen molar-refractivity contribution in [2.24, 2.45) is 5.92 Å². The Labute approximate surface area is 131 Å². The first-order chi connectivity index (χ1) is 10.4. The maximum atomic E-state index is 12.1. The second-order valence-electron chi connectivity index (χ2n) is 5.37. The van der Waals surface area contributed by atoms with Crippen LogP contribution in [0.5, 0.6) is 0 Å². The van der Waals surface area contributed by atoms with Gasteiger partial charge in [-0.05, 0) is 18.9 Å². The van der Waals surface area contributed by atoms with Gasteiger partial charge in [0.15, 0.2) is 5.78 Å². The van der Waals surface area contributed by atoms with Crippen molar-refractivity contribution < 1.29 is 19.1 Å². The number of carbonyl (C=O) groups excluding carboxylic acids is 3. The lowest BCUT2D eigenvalue weighted by Crippen LogP contribution is -2.45. The van der Waals surface area contributed by atoms with Crippen molar-refractivity contribution >= 4 is 17.7 Å². The van der Waals surface area contributed by atoms with Crippen LogP contribution in [-0.2, 0) is 25.5 Å². The third-order valence-corrected chi connectivity index (χ3v) is 3.36. The van der Waals surface area contributed by atoms with E-state index in [-0.39, 0.29) is 24.2 Å². The summed E-state index contributed by atoms with van der Waals surface area (Å²) >= 11 is 0. The SMILES string of the molecule is CC[C@H](C)C(=O)NC(Cc1ccccc1)C(=O)OCC(C)=O. The molecule has 22 heavy (non-hydrogen) atoms. The van der Waals surface area contributed by atoms with Crippen LogP contribution in [0.15, 0.2) is 30.3 Å². The number of hydrogen-bond acceptors (Lipinski definition) is 4. The van der Waals surface area contributed by atoms with Crippen LogP contribution in [0.25, 0.3) is 0 Å². The molecule has 5 nitrogen and oxygen atoms in total. The Balaban J connectivity index is 2.77. The monoisotopic (exact) mass is 305 g/mol. The highest BCUT2D eigenvalue weighted by molar-refractivity contribution is 5.87. The molecule has 1 amide bonds. The van der Waals surface area contributed by atoms with E-state index in [0.29, 0.717) is 12.8 Å². The molecule has 0 saturated carbocycles. The molecule has 0 bridgehead atoms. The summed E-state index contributed by atoms with van der Waals surface area (Å²) in [6.07, 6.45) is 1.02. The summed E-state index contributed by atoms with van der Waals surface area (Å²) in [7, 11) is 0. The standard InChI is InChI=1S/C17H23NO4/c1-4-12(2)16(20)18-15(17(21)22-11-13(3)19)10-14-8-6-5-7-9-14/h5-9,12,15H,4,10-11H2,1-3H3,(H,18,20)/t12-,15?/m0/s1. The Kier molecular flexibility index (Phi) is 7.29. The number of Topliss-reactive ketones (excluding diaryl/α,β-unsaturated/α-hetero) is 1. The molecule has 0 aromatic heterocycles. The number of amides is 1. The number of ether oxygens (including phenoxy) is 1. The average Bonchev–Trinajstić information content (AvgIpc) is 2.51. The fourth-order valence-electron chi connectivity index (χ4n) is 1.82. The number of esters is 1. The van der Waals surface area contributed by atoms with Crippen molar-refractivity contribution in [1.29, 1.82) is 0 Å². The van der Waals surface area contributed by atoms with Crippen molar-refractivity contribution in [3.05, 3.63) is 35.9 Å². The van der Waals surface area contributed by atoms with Gasteiger partial charge in [0.05, 0.1) is 0 Å². The van der Waals surface area contributed by atoms with Gasteiger partial charge in [0.25, 0.3) is 0 Å². The molecule has 0 spiro atoms. The van der Waals surface area contributed by atoms with Crippen molar-refractivity contribution in [3.63, 3.8) is 0 Å². The van der Waals surface area contributed by atoms with E-state index in [0.717, 1.165) is 5.56 Å². The van der Waals surface area contributed by atoms with E-state index < -0.39 is 12.0 Å². The Bertz CT molecular complexity index is 513. The van der Waals surface area contributed by atoms with Gasteiger partial charge in [-0.25, -0.2) is 4.79 Å². The smallest absolute Gasteiger partial charge is 0.329 e. The number of nitrogens with one attached hydrogen (secondary N) is 1. The van der Waals surface area contributed by atoms with E-state index in [1.807, 2.05) is 37.3 Å². The number of rotatable bonds is 8. The predicted octanol–water partition coefficient (Wildman–Crippen LogP) is 1.89. The molecule has 0 heterocycles. The van der Waals surface area contributed by atoms with Crippen LogP contribution in [0.2, 0.25) is 0 Å². The van der Waals surface area contributed by atoms with Crippen molar-refractivity contribution in [2.45, 2.75) is 39.7 Å². The lowest BCUT2D eigenvalue weighted by Gasteiger charge is -2.19. The van der Waals surface area contributed by atoms with E-state index in [2.05, 4.69) is 5.32 Å². The van der Waals surface area contributed by atoms with E-state index in [4.69, 9.17) is 4.74 Å². The maximum Gasteiger partial charge on any atom is 0.329 e. The minimum Gasteiger partial charge on any atom is -0.456 e. The Morgan fingerprint density at radius 1 is 1.18 bits per heavy atom. The fourth-order valence-corrected chi connectivity index (χ4v) is 1.82. The summed E-state index contributed by atoms with van der Waals surface area (Å²) in [6.45, 7) is 4.78. The van der Waals surface area contributed by atoms with Crippen LogP contribution in [0.3, 0.4) is 0 Å². The van der Waals surface area contributed by atoms with Gasteiger partial charge in [0.2, 0.25) is 5.91 Å². The van der Waals surface area contributed by atoms with Gasteiger partial charge >= 0.3 is 5.97 Å². The van der Waals surface area contributed by atoms with Gasteiger partial charge in [0.1, 0.15) is 12.6 Å². The highest BCUT2D eigenvalue weighted by Crippen LogP contribution is 2.07. The van der Waals surface area contributed by atoms with Gasteiger partial charge in [-0.2, -0.15) is 0 Å². The zero-order valence-corrected chi connectivity index (χ0v) is 13.3. The Morgan fingerprint density at radius 2 is 1.82 bits per heavy atom. The van der Waals surface area contributed by atoms with Crippen LogP contribution in [0, 0.1) is 5.92 Å². The lowest BCUT2D eigenvalue weighted by molar-refractivity contribution is -0.151. The van der Waals surface area contributed by atoms with Crippen LogP contribution < -0.4 is 5.32 Å². The van der Waals surface area contributed by atoms with Crippen molar-refractivity contribution in [3.8, 4) is 0 Å². The molecule has 1 N–H and O–H groups in total. The van der Waals surface area contributed by atoms with E-state index in [1.54, 1.807) is 6.92 Å². The molecule has 1 rings (SSSR count). The first-order valence-corrected chi connectivity index (χ1v) is 7.44. The van der Waals surface area contributed by atoms with Crippen molar-refractivity contribution in [2.75, 3.05) is 6.61 Å². The van der Waals surface area contributed by atoms with Crippen LogP contribution in [-0.4, -0.2) is 30.3 Å². The molecule has 0 aliphatic carbocycles. The quantitative estimate of drug-likeness (QED) is 0.744. The predicted molar refractivity (Wildman–Crippen MR) is 83.2 cm³/mol. The summed E-state index contributed by atoms with van der Waals surface area (Å²) in [5, 5.41) is 2.71. The van der Waals surface area contributed by atoms with Gasteiger partial charge in [-0.1, -0.05) is 44.2 Å². The van der Waals surface area contributed by atoms with Crippen LogP contribution in [0.1, 0.15) is 32.8 Å². The molecule has 0 aliphatic heterocycles. The summed E-state index contributed by atoms with van der Waals surface area (Å²) < 4.78 is 4.95. The molecule has 0 aliphatic rings. The summed E-state index contributed by atoms with van der Waals surface area (Å²) in [5.41, 5.74) is 0.914. The van der Waals surface area contributed by atoms with Crippen molar-refractivity contribution in [1.82, 2.24) is 5.32 Å². The number of ketones is 1. The largest absolute Gasteiger partial charge is 0.456 e. The zero-order chi connectivity index (χ0) is 16.5. The number of benzene rings is 1. The van der Waals surface area contributed by atoms with Gasteiger partial charge < -0.3 is 10.1 Å². The van der Waals surface area contributed by atoms with Crippen LogP contribution >= 0.6 is 0 Å². The molecule has 120 valence electrons. The molecule has 5 heteroatoms. The highest BCUT2D eigenvalue weighted by atomic mass is 16.5.